The molecular weight excluding hydrogens is 296 g/mol. The molecule has 0 radical (unpaired) electrons. The number of nitrogens with two attached hydrogens (primary N) is 1. The molecule has 4 N–H and O–H groups in total. The van der Waals surface area contributed by atoms with E-state index in [1.807, 2.05) is 34.6 Å². The molecule has 0 saturated carbocycles. The second kappa shape index (κ2) is 6.74. The summed E-state index contributed by atoms with van der Waals surface area (Å²) in [5, 5.41) is 21.1. The average Bonchev–Trinajstić information content (AvgIpc) is 2.96. The molecule has 0 amide bonds. The highest BCUT2D eigenvalue weighted by molar-refractivity contribution is 7.10. The molecule has 1 heterocycles. The molecule has 6 heteroatoms. The van der Waals surface area contributed by atoms with Gasteiger partial charge in [0, 0.05) is 23.7 Å². The Hall–Kier alpha value is -0.850. The predicted octanol–water partition coefficient (Wildman–Crippen LogP) is 1.60. The van der Waals surface area contributed by atoms with Crippen molar-refractivity contribution in [2.45, 2.75) is 12.0 Å². The molecule has 0 fully saturated rings. The Balaban J connectivity index is 2.45. The number of aliphatic hydroxyl groups excluding tert-OH is 2. The second-order valence-corrected chi connectivity index (χ2v) is 6.05. The smallest absolute Gasteiger partial charge is 0.0794 e. The maximum Gasteiger partial charge on any atom is 0.0794 e. The van der Waals surface area contributed by atoms with E-state index in [-0.39, 0.29) is 13.2 Å². The summed E-state index contributed by atoms with van der Waals surface area (Å²) in [5.41, 5.74) is 5.98. The first-order valence-electron chi connectivity index (χ1n) is 6.49. The van der Waals surface area contributed by atoms with Crippen LogP contribution >= 0.6 is 22.9 Å². The third-order valence-corrected chi connectivity index (χ3v) is 4.89. The maximum atomic E-state index is 9.31. The van der Waals surface area contributed by atoms with Crippen LogP contribution in [0.25, 0.3) is 0 Å². The van der Waals surface area contributed by atoms with Gasteiger partial charge in [0.15, 0.2) is 0 Å². The minimum atomic E-state index is -0.445. The van der Waals surface area contributed by atoms with Crippen molar-refractivity contribution in [3.63, 3.8) is 0 Å². The normalized spacial score (nSPS) is 22.8. The Labute approximate surface area is 127 Å². The average molecular weight is 315 g/mol. The van der Waals surface area contributed by atoms with Crippen LogP contribution in [0, 0.1) is 0 Å². The summed E-state index contributed by atoms with van der Waals surface area (Å²) in [6.07, 6.45) is 4.51. The van der Waals surface area contributed by atoms with E-state index in [0.29, 0.717) is 30.2 Å². The highest BCUT2D eigenvalue weighted by atomic mass is 35.5. The van der Waals surface area contributed by atoms with Gasteiger partial charge in [-0.2, -0.15) is 0 Å². The fraction of sp³-hybridized carbons (Fsp3) is 0.429. The minimum Gasteiger partial charge on any atom is -0.398 e. The summed E-state index contributed by atoms with van der Waals surface area (Å²) in [5.74, 6) is 0. The molecule has 1 atom stereocenters. The summed E-state index contributed by atoms with van der Waals surface area (Å²) in [7, 11) is 0. The van der Waals surface area contributed by atoms with Crippen molar-refractivity contribution in [2.24, 2.45) is 5.73 Å². The first kappa shape index (κ1) is 15.5. The van der Waals surface area contributed by atoms with Crippen LogP contribution in [0.2, 0.25) is 0 Å². The zero-order chi connectivity index (χ0) is 14.6. The van der Waals surface area contributed by atoms with E-state index < -0.39 is 5.54 Å². The van der Waals surface area contributed by atoms with Gasteiger partial charge in [0.05, 0.1) is 23.8 Å². The van der Waals surface area contributed by atoms with Gasteiger partial charge in [-0.15, -0.1) is 11.3 Å². The van der Waals surface area contributed by atoms with Crippen molar-refractivity contribution in [3.05, 3.63) is 45.3 Å². The number of hydrogen-bond acceptors (Lipinski definition) is 5. The van der Waals surface area contributed by atoms with E-state index >= 15 is 0 Å². The number of nitrogens with zero attached hydrogens (tertiary/aromatic N) is 1. The number of hydrogen-bond donors (Lipinski definition) is 3. The highest BCUT2D eigenvalue weighted by Gasteiger charge is 2.38. The van der Waals surface area contributed by atoms with E-state index in [9.17, 15) is 10.2 Å². The molecule has 0 aliphatic heterocycles. The lowest BCUT2D eigenvalue weighted by atomic mass is 9.86. The Morgan fingerprint density at radius 2 is 2.05 bits per heavy atom. The van der Waals surface area contributed by atoms with E-state index in [2.05, 4.69) is 0 Å². The molecular formula is C14H19ClN2O2S. The Kier molecular flexibility index (Phi) is 5.23. The molecule has 1 aliphatic rings. The largest absolute Gasteiger partial charge is 0.398 e. The number of aliphatic hydroxyl groups is 2. The topological polar surface area (TPSA) is 69.7 Å². The molecule has 4 nitrogen and oxygen atoms in total. The molecule has 2 rings (SSSR count). The van der Waals surface area contributed by atoms with E-state index in [0.717, 1.165) is 4.88 Å². The monoisotopic (exact) mass is 314 g/mol. The Bertz CT molecular complexity index is 495. The fourth-order valence-electron chi connectivity index (χ4n) is 2.54. The molecule has 110 valence electrons. The van der Waals surface area contributed by atoms with Crippen molar-refractivity contribution in [1.82, 2.24) is 4.90 Å². The van der Waals surface area contributed by atoms with Crippen LogP contribution < -0.4 is 5.73 Å². The minimum absolute atomic E-state index is 0.0256. The van der Waals surface area contributed by atoms with Gasteiger partial charge in [0.1, 0.15) is 0 Å². The molecule has 0 saturated heterocycles. The van der Waals surface area contributed by atoms with Crippen LogP contribution in [-0.2, 0) is 5.54 Å². The molecule has 1 aliphatic carbocycles. The Morgan fingerprint density at radius 1 is 1.35 bits per heavy atom. The van der Waals surface area contributed by atoms with Crippen molar-refractivity contribution in [3.8, 4) is 0 Å². The van der Waals surface area contributed by atoms with Gasteiger partial charge in [0.25, 0.3) is 0 Å². The molecule has 1 aromatic rings. The van der Waals surface area contributed by atoms with E-state index in [4.69, 9.17) is 17.3 Å². The number of thiophene rings is 1. The molecule has 0 aromatic carbocycles. The predicted molar refractivity (Wildman–Crippen MR) is 82.6 cm³/mol. The standard InChI is InChI=1S/C14H19ClN2O2S/c15-11-10-14(4-3-12(11)16,13-2-1-9-20-13)17(5-7-18)6-8-19/h1-3,9-10,18-19H,4-8,16H2. The van der Waals surface area contributed by atoms with Crippen LogP contribution in [0.15, 0.2) is 40.4 Å². The lowest BCUT2D eigenvalue weighted by Gasteiger charge is -2.42. The van der Waals surface area contributed by atoms with Gasteiger partial charge in [-0.1, -0.05) is 23.7 Å². The molecule has 20 heavy (non-hydrogen) atoms. The van der Waals surface area contributed by atoms with Crippen molar-refractivity contribution in [1.29, 1.82) is 0 Å². The van der Waals surface area contributed by atoms with Crippen LogP contribution in [0.3, 0.4) is 0 Å². The molecule has 1 unspecified atom stereocenters. The zero-order valence-corrected chi connectivity index (χ0v) is 12.7. The van der Waals surface area contributed by atoms with Gasteiger partial charge < -0.3 is 15.9 Å². The number of halogens is 1. The lowest BCUT2D eigenvalue weighted by Crippen LogP contribution is -2.48. The molecule has 0 spiro atoms. The van der Waals surface area contributed by atoms with Gasteiger partial charge in [-0.3, -0.25) is 4.90 Å². The van der Waals surface area contributed by atoms with Crippen molar-refractivity contribution in [2.75, 3.05) is 26.3 Å². The molecule has 1 aromatic heterocycles. The van der Waals surface area contributed by atoms with Gasteiger partial charge in [-0.25, -0.2) is 0 Å². The summed E-state index contributed by atoms with van der Waals surface area (Å²) in [4.78, 5) is 3.17. The third kappa shape index (κ3) is 2.92. The fourth-order valence-corrected chi connectivity index (χ4v) is 3.73. The number of rotatable bonds is 6. The van der Waals surface area contributed by atoms with Crippen LogP contribution in [-0.4, -0.2) is 41.4 Å². The number of allylic oxidation sites excluding steroid dienone is 1. The highest BCUT2D eigenvalue weighted by Crippen LogP contribution is 2.41. The Morgan fingerprint density at radius 3 is 2.55 bits per heavy atom. The van der Waals surface area contributed by atoms with Crippen molar-refractivity contribution < 1.29 is 10.2 Å². The summed E-state index contributed by atoms with van der Waals surface area (Å²) in [6.45, 7) is 0.981. The third-order valence-electron chi connectivity index (χ3n) is 3.53. The summed E-state index contributed by atoms with van der Waals surface area (Å²) < 4.78 is 0. The molecule has 0 bridgehead atoms. The second-order valence-electron chi connectivity index (χ2n) is 4.69. The van der Waals surface area contributed by atoms with Gasteiger partial charge in [-0.05, 0) is 23.9 Å². The summed E-state index contributed by atoms with van der Waals surface area (Å²) >= 11 is 7.87. The lowest BCUT2D eigenvalue weighted by molar-refractivity contribution is 0.0805. The van der Waals surface area contributed by atoms with E-state index in [1.54, 1.807) is 11.3 Å². The van der Waals surface area contributed by atoms with Gasteiger partial charge in [0.2, 0.25) is 0 Å². The van der Waals surface area contributed by atoms with E-state index in [1.165, 1.54) is 0 Å². The van der Waals surface area contributed by atoms with Crippen LogP contribution in [0.1, 0.15) is 11.3 Å². The first-order valence-corrected chi connectivity index (χ1v) is 7.75. The zero-order valence-electron chi connectivity index (χ0n) is 11.1. The van der Waals surface area contributed by atoms with Crippen LogP contribution in [0.4, 0.5) is 0 Å². The van der Waals surface area contributed by atoms with Gasteiger partial charge >= 0.3 is 0 Å². The first-order chi connectivity index (χ1) is 9.64. The quantitative estimate of drug-likeness (QED) is 0.746. The van der Waals surface area contributed by atoms with Crippen molar-refractivity contribution >= 4 is 22.9 Å². The summed E-state index contributed by atoms with van der Waals surface area (Å²) in [6, 6.07) is 4.03. The maximum absolute atomic E-state index is 9.31. The van der Waals surface area contributed by atoms with Crippen LogP contribution in [0.5, 0.6) is 0 Å². The SMILES string of the molecule is NC1=CCC(c2cccs2)(N(CCO)CCO)C=C1Cl.